The number of hydrogen-bond acceptors (Lipinski definition) is 2. The van der Waals surface area contributed by atoms with Crippen molar-refractivity contribution in [2.24, 2.45) is 0 Å². The quantitative estimate of drug-likeness (QED) is 0.480. The van der Waals surface area contributed by atoms with E-state index >= 15 is 0 Å². The lowest BCUT2D eigenvalue weighted by molar-refractivity contribution is -0.144. The van der Waals surface area contributed by atoms with Gasteiger partial charge in [0.05, 0.1) is 6.42 Å². The molecule has 0 saturated heterocycles. The second-order valence-electron chi connectivity index (χ2n) is 2.87. The summed E-state index contributed by atoms with van der Waals surface area (Å²) in [5, 5.41) is 0. The number of carbonyl (C=O) groups excluding carboxylic acids is 1. The van der Waals surface area contributed by atoms with E-state index in [-0.39, 0.29) is 10.5 Å². The van der Waals surface area contributed by atoms with Gasteiger partial charge in [-0.25, -0.2) is 0 Å². The molecule has 2 unspecified atom stereocenters. The molecule has 2 nitrogen and oxygen atoms in total. The fourth-order valence-electron chi connectivity index (χ4n) is 0.956. The van der Waals surface area contributed by atoms with Crippen LogP contribution in [0.1, 0.15) is 12.0 Å². The molecular formula is C10H12BrO2P. The molecule has 1 aromatic carbocycles. The van der Waals surface area contributed by atoms with Gasteiger partial charge >= 0.3 is 5.97 Å². The summed E-state index contributed by atoms with van der Waals surface area (Å²) < 4.78 is 5.15. The van der Waals surface area contributed by atoms with Gasteiger partial charge in [-0.1, -0.05) is 46.3 Å². The van der Waals surface area contributed by atoms with Crippen molar-refractivity contribution in [3.8, 4) is 0 Å². The summed E-state index contributed by atoms with van der Waals surface area (Å²) >= 11 is 3.26. The van der Waals surface area contributed by atoms with Gasteiger partial charge in [0.15, 0.2) is 0 Å². The second kappa shape index (κ2) is 6.15. The maximum Gasteiger partial charge on any atom is 0.307 e. The highest BCUT2D eigenvalue weighted by atomic mass is 79.9. The van der Waals surface area contributed by atoms with Crippen LogP contribution in [-0.2, 0) is 16.1 Å². The Kier molecular flexibility index (Phi) is 5.13. The number of hydrogen-bond donors (Lipinski definition) is 0. The van der Waals surface area contributed by atoms with Crippen LogP contribution in [-0.4, -0.2) is 10.5 Å². The minimum atomic E-state index is -0.189. The van der Waals surface area contributed by atoms with Gasteiger partial charge in [0.2, 0.25) is 0 Å². The van der Waals surface area contributed by atoms with E-state index in [1.165, 1.54) is 0 Å². The number of alkyl halides is 1. The standard InChI is InChI=1S/C10H12BrO2P/c11-9(14)6-10(12)13-7-8-4-2-1-3-5-8/h1-5,9H,6-7,14H2. The summed E-state index contributed by atoms with van der Waals surface area (Å²) in [7, 11) is 2.50. The Hall–Kier alpha value is -0.400. The molecule has 4 heteroatoms. The van der Waals surface area contributed by atoms with E-state index in [2.05, 4.69) is 25.2 Å². The van der Waals surface area contributed by atoms with Crippen LogP contribution in [0.25, 0.3) is 0 Å². The number of benzene rings is 1. The van der Waals surface area contributed by atoms with E-state index in [1.54, 1.807) is 0 Å². The van der Waals surface area contributed by atoms with Crippen molar-refractivity contribution in [3.63, 3.8) is 0 Å². The molecular weight excluding hydrogens is 263 g/mol. The molecule has 0 fully saturated rings. The third kappa shape index (κ3) is 4.73. The first-order valence-electron chi connectivity index (χ1n) is 4.27. The lowest BCUT2D eigenvalue weighted by Gasteiger charge is -2.05. The molecule has 1 aromatic rings. The normalized spacial score (nSPS) is 12.1. The fraction of sp³-hybridized carbons (Fsp3) is 0.300. The average Bonchev–Trinajstić information content (AvgIpc) is 2.15. The first-order chi connectivity index (χ1) is 6.68. The topological polar surface area (TPSA) is 26.3 Å². The van der Waals surface area contributed by atoms with E-state index in [9.17, 15) is 4.79 Å². The summed E-state index contributed by atoms with van der Waals surface area (Å²) in [5.41, 5.74) is 1.01. The third-order valence-electron chi connectivity index (χ3n) is 1.60. The van der Waals surface area contributed by atoms with Gasteiger partial charge in [0, 0.05) is 4.57 Å². The van der Waals surface area contributed by atoms with E-state index in [0.717, 1.165) is 5.56 Å². The Morgan fingerprint density at radius 2 is 2.07 bits per heavy atom. The van der Waals surface area contributed by atoms with Crippen molar-refractivity contribution in [3.05, 3.63) is 35.9 Å². The van der Waals surface area contributed by atoms with Crippen LogP contribution >= 0.6 is 25.2 Å². The van der Waals surface area contributed by atoms with Gasteiger partial charge in [-0.3, -0.25) is 4.79 Å². The highest BCUT2D eigenvalue weighted by Gasteiger charge is 2.06. The van der Waals surface area contributed by atoms with Gasteiger partial charge in [-0.15, -0.1) is 9.24 Å². The van der Waals surface area contributed by atoms with E-state index in [1.807, 2.05) is 30.3 Å². The lowest BCUT2D eigenvalue weighted by Crippen LogP contribution is -2.07. The fourth-order valence-corrected chi connectivity index (χ4v) is 1.41. The highest BCUT2D eigenvalue weighted by molar-refractivity contribution is 9.10. The van der Waals surface area contributed by atoms with Gasteiger partial charge in [0.1, 0.15) is 6.61 Å². The van der Waals surface area contributed by atoms with Crippen LogP contribution < -0.4 is 0 Å². The minimum Gasteiger partial charge on any atom is -0.461 e. The zero-order chi connectivity index (χ0) is 10.4. The smallest absolute Gasteiger partial charge is 0.307 e. The molecule has 0 amide bonds. The van der Waals surface area contributed by atoms with Crippen LogP contribution in [0.15, 0.2) is 30.3 Å². The van der Waals surface area contributed by atoms with Crippen LogP contribution in [0.4, 0.5) is 0 Å². The first-order valence-corrected chi connectivity index (χ1v) is 5.86. The first kappa shape index (κ1) is 11.7. The van der Waals surface area contributed by atoms with Crippen molar-refractivity contribution in [1.29, 1.82) is 0 Å². The van der Waals surface area contributed by atoms with Crippen molar-refractivity contribution >= 4 is 31.1 Å². The number of rotatable bonds is 4. The maximum atomic E-state index is 11.2. The third-order valence-corrected chi connectivity index (χ3v) is 2.16. The van der Waals surface area contributed by atoms with E-state index in [4.69, 9.17) is 4.74 Å². The van der Waals surface area contributed by atoms with Crippen molar-refractivity contribution in [1.82, 2.24) is 0 Å². The van der Waals surface area contributed by atoms with Gasteiger partial charge in [-0.2, -0.15) is 0 Å². The molecule has 14 heavy (non-hydrogen) atoms. The summed E-state index contributed by atoms with van der Waals surface area (Å²) in [6, 6.07) is 9.64. The van der Waals surface area contributed by atoms with Crippen LogP contribution in [0.2, 0.25) is 0 Å². The van der Waals surface area contributed by atoms with E-state index < -0.39 is 0 Å². The molecule has 0 spiro atoms. The second-order valence-corrected chi connectivity index (χ2v) is 5.82. The molecule has 2 atom stereocenters. The molecule has 0 bridgehead atoms. The van der Waals surface area contributed by atoms with E-state index in [0.29, 0.717) is 13.0 Å². The summed E-state index contributed by atoms with van der Waals surface area (Å²) in [4.78, 5) is 11.2. The minimum absolute atomic E-state index is 0.0887. The Morgan fingerprint density at radius 1 is 1.43 bits per heavy atom. The molecule has 0 aliphatic rings. The molecule has 0 N–H and O–H groups in total. The number of halogens is 1. The van der Waals surface area contributed by atoms with Gasteiger partial charge < -0.3 is 4.74 Å². The maximum absolute atomic E-state index is 11.2. The van der Waals surface area contributed by atoms with Crippen LogP contribution in [0, 0.1) is 0 Å². The molecule has 0 aliphatic carbocycles. The predicted molar refractivity (Wildman–Crippen MR) is 63.3 cm³/mol. The van der Waals surface area contributed by atoms with Gasteiger partial charge in [-0.05, 0) is 5.56 Å². The Balaban J connectivity index is 2.31. The highest BCUT2D eigenvalue weighted by Crippen LogP contribution is 2.13. The molecule has 0 radical (unpaired) electrons. The largest absolute Gasteiger partial charge is 0.461 e. The number of ether oxygens (including phenoxy) is 1. The van der Waals surface area contributed by atoms with Crippen LogP contribution in [0.3, 0.4) is 0 Å². The average molecular weight is 275 g/mol. The SMILES string of the molecule is O=C(CC(P)Br)OCc1ccccc1. The molecule has 1 rings (SSSR count). The molecule has 0 heterocycles. The molecule has 0 saturated carbocycles. The molecule has 0 aromatic heterocycles. The Labute approximate surface area is 94.4 Å². The Bertz CT molecular complexity index is 287. The zero-order valence-electron chi connectivity index (χ0n) is 7.65. The zero-order valence-corrected chi connectivity index (χ0v) is 10.4. The van der Waals surface area contributed by atoms with Gasteiger partial charge in [0.25, 0.3) is 0 Å². The monoisotopic (exact) mass is 274 g/mol. The summed E-state index contributed by atoms with van der Waals surface area (Å²) in [6.07, 6.45) is 0.373. The van der Waals surface area contributed by atoms with Crippen molar-refractivity contribution in [2.75, 3.05) is 0 Å². The van der Waals surface area contributed by atoms with Crippen LogP contribution in [0.5, 0.6) is 0 Å². The van der Waals surface area contributed by atoms with Crippen molar-refractivity contribution in [2.45, 2.75) is 17.6 Å². The summed E-state index contributed by atoms with van der Waals surface area (Å²) in [5.74, 6) is -0.189. The van der Waals surface area contributed by atoms with Crippen molar-refractivity contribution < 1.29 is 9.53 Å². The lowest BCUT2D eigenvalue weighted by atomic mass is 10.2. The number of esters is 1. The number of carbonyl (C=O) groups is 1. The summed E-state index contributed by atoms with van der Waals surface area (Å²) in [6.45, 7) is 0.351. The Morgan fingerprint density at radius 3 is 2.64 bits per heavy atom. The molecule has 76 valence electrons. The molecule has 0 aliphatic heterocycles. The predicted octanol–water partition coefficient (Wildman–Crippen LogP) is 2.72.